The van der Waals surface area contributed by atoms with Crippen molar-refractivity contribution in [3.63, 3.8) is 0 Å². The predicted octanol–water partition coefficient (Wildman–Crippen LogP) is 0.590. The molecule has 1 aromatic rings. The van der Waals surface area contributed by atoms with E-state index in [1.807, 2.05) is 25.1 Å². The Balaban J connectivity index is 3.13. The van der Waals surface area contributed by atoms with Gasteiger partial charge < -0.3 is 10.5 Å². The number of aryl methyl sites for hydroxylation is 1. The number of benzene rings is 1. The third kappa shape index (κ3) is 2.95. The SMILES string of the molecule is CCc1ccc(OC)c(C(N)C(=O)N(C)N)c1. The van der Waals surface area contributed by atoms with Crippen LogP contribution < -0.4 is 16.3 Å². The summed E-state index contributed by atoms with van der Waals surface area (Å²) in [6, 6.07) is 4.85. The molecule has 1 unspecified atom stereocenters. The standard InChI is InChI=1S/C12H19N3O2/c1-4-8-5-6-10(17-3)9(7-8)11(13)12(16)15(2)14/h5-7,11H,4,13-14H2,1-3H3. The van der Waals surface area contributed by atoms with Crippen molar-refractivity contribution in [2.24, 2.45) is 11.6 Å². The van der Waals surface area contributed by atoms with E-state index in [9.17, 15) is 4.79 Å². The lowest BCUT2D eigenvalue weighted by atomic mass is 10.0. The molecule has 1 amide bonds. The normalized spacial score (nSPS) is 12.1. The van der Waals surface area contributed by atoms with Gasteiger partial charge in [-0.1, -0.05) is 19.1 Å². The summed E-state index contributed by atoms with van der Waals surface area (Å²) in [7, 11) is 3.02. The molecule has 1 atom stereocenters. The summed E-state index contributed by atoms with van der Waals surface area (Å²) in [5.74, 6) is 5.65. The number of rotatable bonds is 4. The van der Waals surface area contributed by atoms with Crippen molar-refractivity contribution in [3.8, 4) is 5.75 Å². The molecule has 17 heavy (non-hydrogen) atoms. The van der Waals surface area contributed by atoms with Crippen molar-refractivity contribution in [3.05, 3.63) is 29.3 Å². The van der Waals surface area contributed by atoms with Gasteiger partial charge in [-0.15, -0.1) is 0 Å². The monoisotopic (exact) mass is 237 g/mol. The first-order chi connectivity index (χ1) is 8.01. The van der Waals surface area contributed by atoms with Crippen LogP contribution in [0.1, 0.15) is 24.1 Å². The number of carbonyl (C=O) groups excluding carboxylic acids is 1. The summed E-state index contributed by atoms with van der Waals surface area (Å²) >= 11 is 0. The van der Waals surface area contributed by atoms with E-state index in [2.05, 4.69) is 0 Å². The van der Waals surface area contributed by atoms with Crippen LogP contribution in [0.4, 0.5) is 0 Å². The molecule has 0 saturated heterocycles. The minimum atomic E-state index is -0.800. The second-order valence-electron chi connectivity index (χ2n) is 3.86. The molecule has 0 heterocycles. The van der Waals surface area contributed by atoms with Gasteiger partial charge >= 0.3 is 0 Å². The molecule has 94 valence electrons. The van der Waals surface area contributed by atoms with E-state index in [0.717, 1.165) is 17.0 Å². The first kappa shape index (κ1) is 13.5. The maximum absolute atomic E-state index is 11.7. The number of hydrogen-bond donors (Lipinski definition) is 2. The maximum Gasteiger partial charge on any atom is 0.257 e. The van der Waals surface area contributed by atoms with Crippen LogP contribution in [0.3, 0.4) is 0 Å². The van der Waals surface area contributed by atoms with Crippen molar-refractivity contribution in [2.45, 2.75) is 19.4 Å². The van der Waals surface area contributed by atoms with Gasteiger partial charge in [-0.25, -0.2) is 5.84 Å². The molecule has 0 spiro atoms. The van der Waals surface area contributed by atoms with Crippen LogP contribution >= 0.6 is 0 Å². The Morgan fingerprint density at radius 3 is 2.65 bits per heavy atom. The van der Waals surface area contributed by atoms with Crippen LogP contribution in [0.2, 0.25) is 0 Å². The summed E-state index contributed by atoms with van der Waals surface area (Å²) in [6.45, 7) is 2.04. The Kier molecular flexibility index (Phi) is 4.48. The van der Waals surface area contributed by atoms with Crippen molar-refractivity contribution in [1.82, 2.24) is 5.01 Å². The lowest BCUT2D eigenvalue weighted by Crippen LogP contribution is -2.40. The van der Waals surface area contributed by atoms with Crippen LogP contribution in [-0.4, -0.2) is 25.1 Å². The minimum Gasteiger partial charge on any atom is -0.496 e. The van der Waals surface area contributed by atoms with E-state index in [1.54, 1.807) is 7.11 Å². The van der Waals surface area contributed by atoms with Crippen molar-refractivity contribution in [1.29, 1.82) is 0 Å². The molecule has 0 aliphatic rings. The van der Waals surface area contributed by atoms with Gasteiger partial charge in [-0.3, -0.25) is 9.80 Å². The first-order valence-corrected chi connectivity index (χ1v) is 5.45. The summed E-state index contributed by atoms with van der Waals surface area (Å²) in [4.78, 5) is 11.7. The average molecular weight is 237 g/mol. The molecule has 5 nitrogen and oxygen atoms in total. The van der Waals surface area contributed by atoms with E-state index in [1.165, 1.54) is 7.05 Å². The van der Waals surface area contributed by atoms with Gasteiger partial charge in [-0.2, -0.15) is 0 Å². The van der Waals surface area contributed by atoms with E-state index in [-0.39, 0.29) is 5.91 Å². The van der Waals surface area contributed by atoms with E-state index in [4.69, 9.17) is 16.3 Å². The number of carbonyl (C=O) groups is 1. The van der Waals surface area contributed by atoms with Gasteiger partial charge in [0, 0.05) is 12.6 Å². The van der Waals surface area contributed by atoms with Crippen molar-refractivity contribution < 1.29 is 9.53 Å². The van der Waals surface area contributed by atoms with Gasteiger partial charge in [-0.05, 0) is 18.1 Å². The largest absolute Gasteiger partial charge is 0.496 e. The third-order valence-electron chi connectivity index (χ3n) is 2.65. The number of hydrogen-bond acceptors (Lipinski definition) is 4. The second-order valence-corrected chi connectivity index (χ2v) is 3.86. The minimum absolute atomic E-state index is 0.350. The van der Waals surface area contributed by atoms with Gasteiger partial charge in [0.25, 0.3) is 5.91 Å². The highest BCUT2D eigenvalue weighted by Gasteiger charge is 2.21. The summed E-state index contributed by atoms with van der Waals surface area (Å²) in [5.41, 5.74) is 7.65. The van der Waals surface area contributed by atoms with Gasteiger partial charge in [0.05, 0.1) is 7.11 Å². The Morgan fingerprint density at radius 1 is 1.53 bits per heavy atom. The smallest absolute Gasteiger partial charge is 0.257 e. The van der Waals surface area contributed by atoms with Crippen LogP contribution in [0.5, 0.6) is 5.75 Å². The highest BCUT2D eigenvalue weighted by Crippen LogP contribution is 2.26. The molecular formula is C12H19N3O2. The molecule has 0 aromatic heterocycles. The van der Waals surface area contributed by atoms with Crippen molar-refractivity contribution >= 4 is 5.91 Å². The Hall–Kier alpha value is -1.59. The molecule has 1 aromatic carbocycles. The van der Waals surface area contributed by atoms with Gasteiger partial charge in [0.1, 0.15) is 11.8 Å². The topological polar surface area (TPSA) is 81.6 Å². The van der Waals surface area contributed by atoms with Crippen LogP contribution in [0.15, 0.2) is 18.2 Å². The number of methoxy groups -OCH3 is 1. The molecule has 0 radical (unpaired) electrons. The number of likely N-dealkylation sites (N-methyl/N-ethyl adjacent to an activating group) is 1. The number of nitrogens with two attached hydrogens (primary N) is 2. The fourth-order valence-electron chi connectivity index (χ4n) is 1.60. The lowest BCUT2D eigenvalue weighted by Gasteiger charge is -2.19. The number of ether oxygens (including phenoxy) is 1. The van der Waals surface area contributed by atoms with E-state index >= 15 is 0 Å². The summed E-state index contributed by atoms with van der Waals surface area (Å²) in [5, 5.41) is 0.989. The predicted molar refractivity (Wildman–Crippen MR) is 66.3 cm³/mol. The fourth-order valence-corrected chi connectivity index (χ4v) is 1.60. The maximum atomic E-state index is 11.7. The first-order valence-electron chi connectivity index (χ1n) is 5.45. The average Bonchev–Trinajstić information content (AvgIpc) is 2.35. The fraction of sp³-hybridized carbons (Fsp3) is 0.417. The molecule has 5 heteroatoms. The zero-order chi connectivity index (χ0) is 13.0. The molecule has 0 fully saturated rings. The zero-order valence-corrected chi connectivity index (χ0v) is 10.4. The Bertz CT molecular complexity index is 405. The highest BCUT2D eigenvalue weighted by atomic mass is 16.5. The Morgan fingerprint density at radius 2 is 2.18 bits per heavy atom. The molecule has 0 aliphatic heterocycles. The van der Waals surface area contributed by atoms with Crippen LogP contribution in [-0.2, 0) is 11.2 Å². The summed E-state index contributed by atoms with van der Waals surface area (Å²) in [6.07, 6.45) is 0.871. The molecule has 0 bridgehead atoms. The molecule has 0 saturated carbocycles. The number of hydrazine groups is 1. The quantitative estimate of drug-likeness (QED) is 0.456. The van der Waals surface area contributed by atoms with Crippen LogP contribution in [0, 0.1) is 0 Å². The third-order valence-corrected chi connectivity index (χ3v) is 2.65. The molecule has 0 aliphatic carbocycles. The number of amides is 1. The summed E-state index contributed by atoms with van der Waals surface area (Å²) < 4.78 is 5.20. The van der Waals surface area contributed by atoms with Gasteiger partial charge in [0.15, 0.2) is 0 Å². The zero-order valence-electron chi connectivity index (χ0n) is 10.4. The van der Waals surface area contributed by atoms with Gasteiger partial charge in [0.2, 0.25) is 0 Å². The van der Waals surface area contributed by atoms with E-state index < -0.39 is 6.04 Å². The molecule has 4 N–H and O–H groups in total. The highest BCUT2D eigenvalue weighted by molar-refractivity contribution is 5.83. The Labute approximate surface area is 101 Å². The van der Waals surface area contributed by atoms with Crippen molar-refractivity contribution in [2.75, 3.05) is 14.2 Å². The molecular weight excluding hydrogens is 218 g/mol. The molecule has 1 rings (SSSR count). The van der Waals surface area contributed by atoms with E-state index in [0.29, 0.717) is 11.3 Å². The second kappa shape index (κ2) is 5.65. The number of nitrogens with zero attached hydrogens (tertiary/aromatic N) is 1. The van der Waals surface area contributed by atoms with Crippen LogP contribution in [0.25, 0.3) is 0 Å². The lowest BCUT2D eigenvalue weighted by molar-refractivity contribution is -0.131.